The number of aromatic nitrogens is 4. The van der Waals surface area contributed by atoms with E-state index >= 15 is 0 Å². The van der Waals surface area contributed by atoms with Gasteiger partial charge in [-0.25, -0.2) is 9.97 Å². The molecule has 3 heterocycles. The number of hydrogen-bond donors (Lipinski definition) is 3. The van der Waals surface area contributed by atoms with E-state index < -0.39 is 0 Å². The molecule has 0 saturated carbocycles. The van der Waals surface area contributed by atoms with E-state index in [1.165, 1.54) is 0 Å². The summed E-state index contributed by atoms with van der Waals surface area (Å²) >= 11 is 0. The van der Waals surface area contributed by atoms with Crippen LogP contribution in [0.5, 0.6) is 0 Å². The van der Waals surface area contributed by atoms with E-state index in [1.807, 2.05) is 43.5 Å². The van der Waals surface area contributed by atoms with Crippen LogP contribution in [0, 0.1) is 6.92 Å². The summed E-state index contributed by atoms with van der Waals surface area (Å²) in [7, 11) is 0. The zero-order valence-corrected chi connectivity index (χ0v) is 14.0. The number of imidazole rings is 1. The predicted octanol–water partition coefficient (Wildman–Crippen LogP) is 2.99. The highest BCUT2D eigenvalue weighted by atomic mass is 16.2. The number of nitrogens with one attached hydrogen (secondary N) is 1. The number of aromatic amines is 1. The molecule has 0 fully saturated rings. The Morgan fingerprint density at radius 2 is 1.96 bits per heavy atom. The van der Waals surface area contributed by atoms with E-state index in [2.05, 4.69) is 19.9 Å². The Balaban J connectivity index is 1.85. The Kier molecular flexibility index (Phi) is 3.82. The van der Waals surface area contributed by atoms with Gasteiger partial charge in [0.1, 0.15) is 22.7 Å². The van der Waals surface area contributed by atoms with Gasteiger partial charge >= 0.3 is 0 Å². The fourth-order valence-electron chi connectivity index (χ4n) is 3.00. The average molecular weight is 333 g/mol. The molecule has 6 nitrogen and oxygen atoms in total. The molecule has 0 unspecified atom stereocenters. The molecular formula is C19H19N5O. The molecule has 0 radical (unpaired) electrons. The molecular weight excluding hydrogens is 314 g/mol. The van der Waals surface area contributed by atoms with Crippen LogP contribution in [0.2, 0.25) is 0 Å². The summed E-state index contributed by atoms with van der Waals surface area (Å²) in [5, 5.41) is 9.96. The third kappa shape index (κ3) is 2.81. The van der Waals surface area contributed by atoms with Crippen molar-refractivity contribution in [3.8, 4) is 11.1 Å². The minimum atomic E-state index is 0.138. The van der Waals surface area contributed by atoms with Crippen molar-refractivity contribution in [1.82, 2.24) is 19.9 Å². The smallest absolute Gasteiger partial charge is 0.150 e. The number of nitrogens with zero attached hydrogens (tertiary/aromatic N) is 3. The van der Waals surface area contributed by atoms with Gasteiger partial charge in [-0.05, 0) is 37.1 Å². The number of aryl methyl sites for hydroxylation is 2. The molecule has 4 N–H and O–H groups in total. The van der Waals surface area contributed by atoms with E-state index in [0.717, 1.165) is 44.6 Å². The molecule has 0 saturated heterocycles. The lowest BCUT2D eigenvalue weighted by molar-refractivity contribution is 0.287. The number of aliphatic hydroxyl groups is 1. The van der Waals surface area contributed by atoms with E-state index in [1.54, 1.807) is 0 Å². The molecule has 126 valence electrons. The third-order valence-corrected chi connectivity index (χ3v) is 4.32. The monoisotopic (exact) mass is 333 g/mol. The van der Waals surface area contributed by atoms with Crippen molar-refractivity contribution in [3.05, 3.63) is 48.0 Å². The largest absolute Gasteiger partial charge is 0.396 e. The lowest BCUT2D eigenvalue weighted by Crippen LogP contribution is -1.94. The van der Waals surface area contributed by atoms with Crippen LogP contribution in [0.1, 0.15) is 17.9 Å². The average Bonchev–Trinajstić information content (AvgIpc) is 3.05. The van der Waals surface area contributed by atoms with E-state index in [9.17, 15) is 0 Å². The highest BCUT2D eigenvalue weighted by molar-refractivity contribution is 6.07. The number of pyridine rings is 2. The second-order valence-electron chi connectivity index (χ2n) is 6.15. The molecule has 25 heavy (non-hydrogen) atoms. The molecule has 3 aromatic heterocycles. The molecule has 0 atom stereocenters. The van der Waals surface area contributed by atoms with Crippen LogP contribution in [-0.4, -0.2) is 31.6 Å². The maximum Gasteiger partial charge on any atom is 0.150 e. The van der Waals surface area contributed by atoms with Gasteiger partial charge in [-0.3, -0.25) is 4.98 Å². The molecule has 0 amide bonds. The topological polar surface area (TPSA) is 101 Å². The van der Waals surface area contributed by atoms with Crippen molar-refractivity contribution in [2.75, 3.05) is 12.3 Å². The van der Waals surface area contributed by atoms with Crippen LogP contribution < -0.4 is 5.73 Å². The standard InChI is InChI=1S/C19H19N5O/c1-11-4-5-13(10-21-11)12-6-7-14-15(9-12)22-19(20)18-17(14)23-16(24-18)3-2-8-25/h4-7,9-10,25H,2-3,8H2,1H3,(H2,20,22)(H,23,24). The number of rotatable bonds is 4. The summed E-state index contributed by atoms with van der Waals surface area (Å²) in [6.07, 6.45) is 3.20. The van der Waals surface area contributed by atoms with Gasteiger partial charge in [0.2, 0.25) is 0 Å². The highest BCUT2D eigenvalue weighted by Gasteiger charge is 2.12. The molecule has 0 aliphatic heterocycles. The van der Waals surface area contributed by atoms with Gasteiger partial charge in [0.15, 0.2) is 0 Å². The van der Waals surface area contributed by atoms with Crippen LogP contribution in [0.15, 0.2) is 36.5 Å². The number of fused-ring (bicyclic) bond motifs is 3. The minimum absolute atomic E-state index is 0.138. The second kappa shape index (κ2) is 6.14. The van der Waals surface area contributed by atoms with Crippen molar-refractivity contribution in [2.45, 2.75) is 19.8 Å². The van der Waals surface area contributed by atoms with E-state index in [-0.39, 0.29) is 6.61 Å². The number of aliphatic hydroxyl groups excluding tert-OH is 1. The number of nitrogens with two attached hydrogens (primary N) is 1. The molecule has 0 aliphatic rings. The number of H-pyrrole nitrogens is 1. The molecule has 6 heteroatoms. The van der Waals surface area contributed by atoms with Crippen molar-refractivity contribution in [2.24, 2.45) is 0 Å². The molecule has 0 aliphatic carbocycles. The van der Waals surface area contributed by atoms with Gasteiger partial charge in [-0.15, -0.1) is 0 Å². The quantitative estimate of drug-likeness (QED) is 0.533. The number of anilines is 1. The first kappa shape index (κ1) is 15.5. The van der Waals surface area contributed by atoms with Gasteiger partial charge < -0.3 is 15.8 Å². The summed E-state index contributed by atoms with van der Waals surface area (Å²) in [4.78, 5) is 16.8. The lowest BCUT2D eigenvalue weighted by Gasteiger charge is -2.05. The van der Waals surface area contributed by atoms with Crippen LogP contribution in [0.4, 0.5) is 5.82 Å². The van der Waals surface area contributed by atoms with Crippen LogP contribution in [0.3, 0.4) is 0 Å². The Labute approximate surface area is 144 Å². The minimum Gasteiger partial charge on any atom is -0.396 e. The molecule has 4 rings (SSSR count). The lowest BCUT2D eigenvalue weighted by atomic mass is 10.0. The van der Waals surface area contributed by atoms with Crippen molar-refractivity contribution in [1.29, 1.82) is 0 Å². The molecule has 1 aromatic carbocycles. The summed E-state index contributed by atoms with van der Waals surface area (Å²) in [5.74, 6) is 1.25. The van der Waals surface area contributed by atoms with E-state index in [0.29, 0.717) is 18.7 Å². The van der Waals surface area contributed by atoms with Crippen molar-refractivity contribution < 1.29 is 5.11 Å². The second-order valence-corrected chi connectivity index (χ2v) is 6.15. The maximum absolute atomic E-state index is 9.00. The zero-order valence-electron chi connectivity index (χ0n) is 14.0. The van der Waals surface area contributed by atoms with Crippen LogP contribution in [-0.2, 0) is 6.42 Å². The third-order valence-electron chi connectivity index (χ3n) is 4.32. The van der Waals surface area contributed by atoms with Gasteiger partial charge in [0.25, 0.3) is 0 Å². The fraction of sp³-hybridized carbons (Fsp3) is 0.211. The summed E-state index contributed by atoms with van der Waals surface area (Å²) in [6.45, 7) is 2.11. The normalized spacial score (nSPS) is 11.4. The number of hydrogen-bond acceptors (Lipinski definition) is 5. The van der Waals surface area contributed by atoms with Crippen molar-refractivity contribution in [3.63, 3.8) is 0 Å². The van der Waals surface area contributed by atoms with Gasteiger partial charge in [0, 0.05) is 35.9 Å². The Bertz CT molecular complexity index is 1050. The first-order chi connectivity index (χ1) is 12.2. The van der Waals surface area contributed by atoms with Gasteiger partial charge in [0.05, 0.1) is 5.52 Å². The Morgan fingerprint density at radius 3 is 2.72 bits per heavy atom. The maximum atomic E-state index is 9.00. The first-order valence-electron chi connectivity index (χ1n) is 8.27. The summed E-state index contributed by atoms with van der Waals surface area (Å²) in [5.41, 5.74) is 11.6. The van der Waals surface area contributed by atoms with E-state index in [4.69, 9.17) is 10.8 Å². The van der Waals surface area contributed by atoms with Gasteiger partial charge in [-0.1, -0.05) is 12.1 Å². The highest BCUT2D eigenvalue weighted by Crippen LogP contribution is 2.30. The first-order valence-corrected chi connectivity index (χ1v) is 8.27. The van der Waals surface area contributed by atoms with Crippen LogP contribution in [0.25, 0.3) is 33.1 Å². The molecule has 4 aromatic rings. The number of benzene rings is 1. The molecule has 0 spiro atoms. The number of nitrogen functional groups attached to an aromatic ring is 1. The zero-order chi connectivity index (χ0) is 17.4. The Morgan fingerprint density at radius 1 is 1.12 bits per heavy atom. The van der Waals surface area contributed by atoms with Crippen LogP contribution >= 0.6 is 0 Å². The Hall–Kier alpha value is -2.99. The summed E-state index contributed by atoms with van der Waals surface area (Å²) < 4.78 is 0. The SMILES string of the molecule is Cc1ccc(-c2ccc3c(c2)nc(N)c2[nH]c(CCCO)nc23)cn1. The summed E-state index contributed by atoms with van der Waals surface area (Å²) in [6, 6.07) is 10.1. The van der Waals surface area contributed by atoms with Crippen molar-refractivity contribution >= 4 is 27.8 Å². The fourth-order valence-corrected chi connectivity index (χ4v) is 3.00. The predicted molar refractivity (Wildman–Crippen MR) is 99.2 cm³/mol. The molecule has 0 bridgehead atoms. The van der Waals surface area contributed by atoms with Gasteiger partial charge in [-0.2, -0.15) is 0 Å².